The van der Waals surface area contributed by atoms with Gasteiger partial charge in [0.05, 0.1) is 36.3 Å². The molecule has 0 spiro atoms. The predicted molar refractivity (Wildman–Crippen MR) is 120 cm³/mol. The van der Waals surface area contributed by atoms with E-state index in [1.165, 1.54) is 0 Å². The summed E-state index contributed by atoms with van der Waals surface area (Å²) in [6, 6.07) is 10.9. The number of hydrogen-bond acceptors (Lipinski definition) is 7. The van der Waals surface area contributed by atoms with E-state index in [2.05, 4.69) is 15.5 Å². The lowest BCUT2D eigenvalue weighted by molar-refractivity contribution is 0.0877. The van der Waals surface area contributed by atoms with Crippen molar-refractivity contribution in [1.29, 1.82) is 0 Å². The number of carbonyl (C=O) groups excluding carboxylic acids is 1. The van der Waals surface area contributed by atoms with E-state index in [1.54, 1.807) is 23.3 Å². The highest BCUT2D eigenvalue weighted by Crippen LogP contribution is 2.38. The fraction of sp³-hybridized carbons (Fsp3) is 0.348. The second kappa shape index (κ2) is 8.76. The zero-order chi connectivity index (χ0) is 22.1. The number of amides is 2. The van der Waals surface area contributed by atoms with Crippen molar-refractivity contribution in [3.8, 4) is 16.5 Å². The quantitative estimate of drug-likeness (QED) is 0.593. The van der Waals surface area contributed by atoms with Crippen molar-refractivity contribution < 1.29 is 18.8 Å². The number of thiophene rings is 1. The lowest BCUT2D eigenvalue weighted by atomic mass is 9.94. The minimum atomic E-state index is -0.449. The number of aromatic nitrogens is 2. The fourth-order valence-electron chi connectivity index (χ4n) is 4.18. The molecule has 1 N–H and O–H groups in total. The third-order valence-electron chi connectivity index (χ3n) is 5.83. The first-order valence-corrected chi connectivity index (χ1v) is 11.4. The molecule has 3 aromatic rings. The van der Waals surface area contributed by atoms with Crippen LogP contribution in [-0.2, 0) is 4.74 Å². The van der Waals surface area contributed by atoms with E-state index < -0.39 is 6.04 Å². The Morgan fingerprint density at radius 1 is 1.31 bits per heavy atom. The highest BCUT2D eigenvalue weighted by Gasteiger charge is 2.37. The van der Waals surface area contributed by atoms with Gasteiger partial charge in [0.1, 0.15) is 5.75 Å². The van der Waals surface area contributed by atoms with Crippen molar-refractivity contribution in [2.24, 2.45) is 0 Å². The number of ether oxygens (including phenoxy) is 2. The summed E-state index contributed by atoms with van der Waals surface area (Å²) in [7, 11) is 1.62. The number of nitrogens with one attached hydrogen (secondary N) is 1. The molecule has 32 heavy (non-hydrogen) atoms. The summed E-state index contributed by atoms with van der Waals surface area (Å²) in [5, 5.41) is 9.28. The molecule has 9 heteroatoms. The van der Waals surface area contributed by atoms with Gasteiger partial charge in [-0.2, -0.15) is 4.98 Å². The number of allylic oxidation sites excluding steroid dienone is 1. The fourth-order valence-corrected chi connectivity index (χ4v) is 4.83. The summed E-state index contributed by atoms with van der Waals surface area (Å²) in [5.74, 6) is 1.62. The molecule has 0 bridgehead atoms. The number of benzene rings is 1. The number of hydrogen-bond donors (Lipinski definition) is 1. The third kappa shape index (κ3) is 3.89. The van der Waals surface area contributed by atoms with Crippen molar-refractivity contribution in [3.63, 3.8) is 0 Å². The molecule has 8 nitrogen and oxygen atoms in total. The number of rotatable bonds is 6. The van der Waals surface area contributed by atoms with Crippen LogP contribution in [0, 0.1) is 0 Å². The van der Waals surface area contributed by atoms with Crippen LogP contribution < -0.4 is 10.1 Å². The number of nitrogens with zero attached hydrogens (tertiary/aromatic N) is 3. The van der Waals surface area contributed by atoms with Gasteiger partial charge in [-0.3, -0.25) is 4.90 Å². The SMILES string of the molecule is COc1cccc(C2NC(=O)N(CC3CCCO3)C(C)=C2c2nc(-c3cccs3)no2)c1. The number of carbonyl (C=O) groups is 1. The third-order valence-corrected chi connectivity index (χ3v) is 6.70. The standard InChI is InChI=1S/C23H24N4O4S/c1-14-19(22-25-21(26-31-22)18-9-5-11-32-18)20(15-6-3-7-16(12-15)29-2)24-23(28)27(14)13-17-8-4-10-30-17/h3,5-7,9,11-12,17,20H,4,8,10,13H2,1-2H3,(H,24,28). The Morgan fingerprint density at radius 2 is 2.22 bits per heavy atom. The Labute approximate surface area is 189 Å². The maximum Gasteiger partial charge on any atom is 0.322 e. The van der Waals surface area contributed by atoms with E-state index in [-0.39, 0.29) is 12.1 Å². The van der Waals surface area contributed by atoms with E-state index in [1.807, 2.05) is 48.7 Å². The van der Waals surface area contributed by atoms with Crippen LogP contribution in [0.25, 0.3) is 16.3 Å². The molecular formula is C23H24N4O4S. The molecule has 2 unspecified atom stereocenters. The van der Waals surface area contributed by atoms with Gasteiger partial charge in [0.25, 0.3) is 5.89 Å². The maximum absolute atomic E-state index is 13.1. The van der Waals surface area contributed by atoms with Crippen molar-refractivity contribution in [2.45, 2.75) is 31.9 Å². The van der Waals surface area contributed by atoms with Crippen LogP contribution in [0.2, 0.25) is 0 Å². The van der Waals surface area contributed by atoms with Gasteiger partial charge in [-0.25, -0.2) is 4.79 Å². The smallest absolute Gasteiger partial charge is 0.322 e. The highest BCUT2D eigenvalue weighted by atomic mass is 32.1. The predicted octanol–water partition coefficient (Wildman–Crippen LogP) is 4.48. The minimum Gasteiger partial charge on any atom is -0.497 e. The Hall–Kier alpha value is -3.17. The summed E-state index contributed by atoms with van der Waals surface area (Å²) in [4.78, 5) is 20.4. The summed E-state index contributed by atoms with van der Waals surface area (Å²) in [6.45, 7) is 3.14. The van der Waals surface area contributed by atoms with Crippen LogP contribution in [0.3, 0.4) is 0 Å². The molecule has 0 saturated carbocycles. The number of urea groups is 1. The molecule has 0 radical (unpaired) electrons. The van der Waals surface area contributed by atoms with E-state index in [0.717, 1.165) is 41.2 Å². The van der Waals surface area contributed by atoms with Gasteiger partial charge in [-0.1, -0.05) is 23.4 Å². The van der Waals surface area contributed by atoms with Crippen LogP contribution >= 0.6 is 11.3 Å². The molecule has 2 aromatic heterocycles. The van der Waals surface area contributed by atoms with E-state index in [4.69, 9.17) is 14.0 Å². The van der Waals surface area contributed by atoms with Gasteiger partial charge in [0.15, 0.2) is 0 Å². The first-order valence-electron chi connectivity index (χ1n) is 10.6. The Bertz CT molecular complexity index is 1130. The van der Waals surface area contributed by atoms with Gasteiger partial charge in [0, 0.05) is 12.3 Å². The summed E-state index contributed by atoms with van der Waals surface area (Å²) < 4.78 is 16.9. The molecule has 4 heterocycles. The van der Waals surface area contributed by atoms with Crippen LogP contribution in [-0.4, -0.2) is 47.4 Å². The molecule has 1 saturated heterocycles. The van der Waals surface area contributed by atoms with Gasteiger partial charge in [-0.15, -0.1) is 11.3 Å². The molecule has 0 aliphatic carbocycles. The van der Waals surface area contributed by atoms with E-state index >= 15 is 0 Å². The van der Waals surface area contributed by atoms with E-state index in [9.17, 15) is 4.79 Å². The zero-order valence-corrected chi connectivity index (χ0v) is 18.7. The van der Waals surface area contributed by atoms with Crippen LogP contribution in [0.4, 0.5) is 4.79 Å². The molecule has 2 aliphatic heterocycles. The van der Waals surface area contributed by atoms with Gasteiger partial charge < -0.3 is 19.3 Å². The van der Waals surface area contributed by atoms with Crippen LogP contribution in [0.1, 0.15) is 37.3 Å². The second-order valence-corrected chi connectivity index (χ2v) is 8.75. The topological polar surface area (TPSA) is 89.7 Å². The minimum absolute atomic E-state index is 0.0229. The average molecular weight is 453 g/mol. The average Bonchev–Trinajstić information content (AvgIpc) is 3.58. The molecule has 2 amide bonds. The van der Waals surface area contributed by atoms with Crippen LogP contribution in [0.5, 0.6) is 5.75 Å². The molecule has 5 rings (SSSR count). The lowest BCUT2D eigenvalue weighted by Crippen LogP contribution is -2.48. The van der Waals surface area contributed by atoms with Gasteiger partial charge in [-0.05, 0) is 48.9 Å². The van der Waals surface area contributed by atoms with Crippen LogP contribution in [0.15, 0.2) is 52.0 Å². The molecule has 1 aromatic carbocycles. The molecule has 2 atom stereocenters. The Morgan fingerprint density at radius 3 is 2.97 bits per heavy atom. The largest absolute Gasteiger partial charge is 0.497 e. The zero-order valence-electron chi connectivity index (χ0n) is 17.9. The number of methoxy groups -OCH3 is 1. The van der Waals surface area contributed by atoms with Crippen molar-refractivity contribution in [1.82, 2.24) is 20.4 Å². The first kappa shape index (κ1) is 20.7. The molecule has 166 valence electrons. The van der Waals surface area contributed by atoms with Gasteiger partial charge >= 0.3 is 6.03 Å². The highest BCUT2D eigenvalue weighted by molar-refractivity contribution is 7.13. The first-order chi connectivity index (χ1) is 15.6. The second-order valence-electron chi connectivity index (χ2n) is 7.80. The summed E-state index contributed by atoms with van der Waals surface area (Å²) in [6.07, 6.45) is 1.97. The van der Waals surface area contributed by atoms with Crippen molar-refractivity contribution >= 4 is 22.9 Å². The van der Waals surface area contributed by atoms with Crippen molar-refractivity contribution in [3.05, 3.63) is 58.9 Å². The Balaban J connectivity index is 1.58. The Kier molecular flexibility index (Phi) is 5.67. The van der Waals surface area contributed by atoms with Crippen molar-refractivity contribution in [2.75, 3.05) is 20.3 Å². The summed E-state index contributed by atoms with van der Waals surface area (Å²) >= 11 is 1.55. The maximum atomic E-state index is 13.1. The molecule has 1 fully saturated rings. The van der Waals surface area contributed by atoms with E-state index in [0.29, 0.717) is 24.0 Å². The molecular weight excluding hydrogens is 428 g/mol. The normalized spacial score (nSPS) is 21.2. The summed E-state index contributed by atoms with van der Waals surface area (Å²) in [5.41, 5.74) is 2.42. The monoisotopic (exact) mass is 452 g/mol. The van der Waals surface area contributed by atoms with Gasteiger partial charge in [0.2, 0.25) is 5.82 Å². The molecule has 2 aliphatic rings. The lowest BCUT2D eigenvalue weighted by Gasteiger charge is -2.36.